The molecule has 1 aromatic heterocycles. The number of aromatic amines is 1. The lowest BCUT2D eigenvalue weighted by molar-refractivity contribution is 0.152. The number of fused-ring (bicyclic) bond motifs is 1. The highest BCUT2D eigenvalue weighted by Crippen LogP contribution is 2.33. The molecule has 0 amide bonds. The van der Waals surface area contributed by atoms with Gasteiger partial charge in [-0.3, -0.25) is 9.69 Å². The van der Waals surface area contributed by atoms with Crippen LogP contribution in [0.1, 0.15) is 42.5 Å². The molecule has 0 spiro atoms. The number of piperidine rings is 1. The number of hydrogen-bond acceptors (Lipinski definition) is 5. The summed E-state index contributed by atoms with van der Waals surface area (Å²) in [6.07, 6.45) is 2.97. The Balaban J connectivity index is 1.65. The van der Waals surface area contributed by atoms with Crippen LogP contribution < -0.4 is 15.8 Å². The molecular formula is C28H38N4O2. The first-order valence-electron chi connectivity index (χ1n) is 12.4. The van der Waals surface area contributed by atoms with Gasteiger partial charge in [0.2, 0.25) is 0 Å². The molecule has 0 radical (unpaired) electrons. The van der Waals surface area contributed by atoms with E-state index in [4.69, 9.17) is 4.74 Å². The Morgan fingerprint density at radius 1 is 1.09 bits per heavy atom. The number of pyridine rings is 1. The monoisotopic (exact) mass is 462 g/mol. The summed E-state index contributed by atoms with van der Waals surface area (Å²) in [7, 11) is 5.89. The van der Waals surface area contributed by atoms with Crippen molar-refractivity contribution in [3.8, 4) is 0 Å². The Labute approximate surface area is 202 Å². The van der Waals surface area contributed by atoms with Crippen molar-refractivity contribution < 1.29 is 4.74 Å². The summed E-state index contributed by atoms with van der Waals surface area (Å²) in [5.74, 6) is 0. The summed E-state index contributed by atoms with van der Waals surface area (Å²) in [6, 6.07) is 18.2. The molecule has 0 saturated carbocycles. The Bertz CT molecular complexity index is 1130. The van der Waals surface area contributed by atoms with Crippen LogP contribution in [0.5, 0.6) is 0 Å². The van der Waals surface area contributed by atoms with Gasteiger partial charge >= 0.3 is 0 Å². The number of anilines is 1. The minimum Gasteiger partial charge on any atom is -0.383 e. The van der Waals surface area contributed by atoms with E-state index in [-0.39, 0.29) is 11.6 Å². The van der Waals surface area contributed by atoms with Gasteiger partial charge in [0, 0.05) is 63.6 Å². The van der Waals surface area contributed by atoms with Gasteiger partial charge < -0.3 is 19.9 Å². The molecule has 1 aliphatic rings. The number of methoxy groups -OCH3 is 1. The molecule has 0 bridgehead atoms. The van der Waals surface area contributed by atoms with Crippen LogP contribution in [-0.2, 0) is 11.2 Å². The standard InChI is InChI=1S/C28H38N4O2/c1-5-20-18-23-19-22(8-11-26(23)30-28(20)33)27(21-6-9-25(10-7-21)31(2)3)32-15-12-24(13-16-32)29-14-17-34-4/h6-11,18-19,24,27,29H,5,12-17H2,1-4H3,(H,30,33). The Morgan fingerprint density at radius 3 is 2.44 bits per heavy atom. The van der Waals surface area contributed by atoms with Gasteiger partial charge in [-0.25, -0.2) is 0 Å². The number of nitrogens with one attached hydrogen (secondary N) is 2. The molecule has 2 N–H and O–H groups in total. The lowest BCUT2D eigenvalue weighted by Crippen LogP contribution is -2.44. The zero-order chi connectivity index (χ0) is 24.1. The van der Waals surface area contributed by atoms with E-state index in [0.29, 0.717) is 6.04 Å². The third-order valence-electron chi connectivity index (χ3n) is 7.00. The van der Waals surface area contributed by atoms with E-state index in [1.54, 1.807) is 7.11 Å². The molecule has 1 saturated heterocycles. The quantitative estimate of drug-likeness (QED) is 0.472. The minimum atomic E-state index is 0.0154. The summed E-state index contributed by atoms with van der Waals surface area (Å²) < 4.78 is 5.19. The molecule has 3 aromatic rings. The summed E-state index contributed by atoms with van der Waals surface area (Å²) in [6.45, 7) is 5.75. The van der Waals surface area contributed by atoms with E-state index < -0.39 is 0 Å². The molecule has 0 aliphatic carbocycles. The topological polar surface area (TPSA) is 60.6 Å². The minimum absolute atomic E-state index is 0.0154. The smallest absolute Gasteiger partial charge is 0.251 e. The van der Waals surface area contributed by atoms with Gasteiger partial charge in [-0.05, 0) is 66.1 Å². The second kappa shape index (κ2) is 11.2. The molecule has 182 valence electrons. The fourth-order valence-electron chi connectivity index (χ4n) is 5.00. The first-order chi connectivity index (χ1) is 16.5. The lowest BCUT2D eigenvalue weighted by atomic mass is 9.92. The molecule has 1 atom stereocenters. The summed E-state index contributed by atoms with van der Waals surface area (Å²) in [4.78, 5) is 20.1. The highest BCUT2D eigenvalue weighted by Gasteiger charge is 2.27. The van der Waals surface area contributed by atoms with Gasteiger partial charge in [0.05, 0.1) is 12.6 Å². The van der Waals surface area contributed by atoms with Crippen LogP contribution in [0, 0.1) is 0 Å². The molecule has 6 heteroatoms. The molecule has 6 nitrogen and oxygen atoms in total. The van der Waals surface area contributed by atoms with Crippen LogP contribution in [0.15, 0.2) is 53.3 Å². The van der Waals surface area contributed by atoms with E-state index in [1.807, 2.05) is 6.92 Å². The molecule has 34 heavy (non-hydrogen) atoms. The Morgan fingerprint density at radius 2 is 1.79 bits per heavy atom. The largest absolute Gasteiger partial charge is 0.383 e. The van der Waals surface area contributed by atoms with E-state index in [2.05, 4.69) is 82.7 Å². The summed E-state index contributed by atoms with van der Waals surface area (Å²) in [5.41, 5.74) is 5.52. The first-order valence-corrected chi connectivity index (χ1v) is 12.4. The van der Waals surface area contributed by atoms with Crippen molar-refractivity contribution in [2.24, 2.45) is 0 Å². The molecule has 2 aromatic carbocycles. The zero-order valence-corrected chi connectivity index (χ0v) is 20.9. The number of benzene rings is 2. The molecule has 2 heterocycles. The fourth-order valence-corrected chi connectivity index (χ4v) is 5.00. The molecule has 1 aliphatic heterocycles. The predicted octanol–water partition coefficient (Wildman–Crippen LogP) is 3.95. The SMILES string of the molecule is CCc1cc2cc(C(c3ccc(N(C)C)cc3)N3CCC(NCCOC)CC3)ccc2[nH]c1=O. The van der Waals surface area contributed by atoms with Gasteiger partial charge in [0.1, 0.15) is 0 Å². The maximum Gasteiger partial charge on any atom is 0.251 e. The van der Waals surface area contributed by atoms with E-state index in [0.717, 1.165) is 62.0 Å². The van der Waals surface area contributed by atoms with Gasteiger partial charge in [0.25, 0.3) is 5.56 Å². The normalized spacial score (nSPS) is 16.1. The maximum absolute atomic E-state index is 12.3. The zero-order valence-electron chi connectivity index (χ0n) is 20.9. The van der Waals surface area contributed by atoms with E-state index >= 15 is 0 Å². The van der Waals surface area contributed by atoms with Crippen LogP contribution in [-0.4, -0.2) is 63.4 Å². The molecule has 1 fully saturated rings. The van der Waals surface area contributed by atoms with Gasteiger partial charge in [-0.1, -0.05) is 25.1 Å². The van der Waals surface area contributed by atoms with Gasteiger partial charge in [0.15, 0.2) is 0 Å². The average Bonchev–Trinajstić information content (AvgIpc) is 2.85. The van der Waals surface area contributed by atoms with Crippen molar-refractivity contribution in [2.45, 2.75) is 38.3 Å². The van der Waals surface area contributed by atoms with Crippen molar-refractivity contribution in [3.63, 3.8) is 0 Å². The van der Waals surface area contributed by atoms with E-state index in [1.165, 1.54) is 16.8 Å². The van der Waals surface area contributed by atoms with E-state index in [9.17, 15) is 4.79 Å². The van der Waals surface area contributed by atoms with Crippen molar-refractivity contribution in [1.82, 2.24) is 15.2 Å². The highest BCUT2D eigenvalue weighted by molar-refractivity contribution is 5.80. The summed E-state index contributed by atoms with van der Waals surface area (Å²) >= 11 is 0. The number of ether oxygens (including phenoxy) is 1. The Kier molecular flexibility index (Phi) is 8.03. The molecule has 4 rings (SSSR count). The number of nitrogens with zero attached hydrogens (tertiary/aromatic N) is 2. The van der Waals surface area contributed by atoms with Crippen LogP contribution in [0.3, 0.4) is 0 Å². The van der Waals surface area contributed by atoms with Crippen LogP contribution >= 0.6 is 0 Å². The van der Waals surface area contributed by atoms with Gasteiger partial charge in [-0.2, -0.15) is 0 Å². The van der Waals surface area contributed by atoms with Crippen LogP contribution in [0.2, 0.25) is 0 Å². The van der Waals surface area contributed by atoms with Gasteiger partial charge in [-0.15, -0.1) is 0 Å². The highest BCUT2D eigenvalue weighted by atomic mass is 16.5. The number of hydrogen-bond donors (Lipinski definition) is 2. The third-order valence-corrected chi connectivity index (χ3v) is 7.00. The van der Waals surface area contributed by atoms with Crippen molar-refractivity contribution in [2.75, 3.05) is 52.3 Å². The summed E-state index contributed by atoms with van der Waals surface area (Å²) in [5, 5.41) is 4.73. The van der Waals surface area contributed by atoms with Crippen molar-refractivity contribution >= 4 is 16.6 Å². The second-order valence-corrected chi connectivity index (χ2v) is 9.47. The van der Waals surface area contributed by atoms with Crippen molar-refractivity contribution in [1.29, 1.82) is 0 Å². The maximum atomic E-state index is 12.3. The number of aromatic nitrogens is 1. The number of rotatable bonds is 9. The Hall–Kier alpha value is -2.67. The third kappa shape index (κ3) is 5.52. The van der Waals surface area contributed by atoms with Crippen molar-refractivity contribution in [3.05, 3.63) is 75.6 Å². The number of aryl methyl sites for hydroxylation is 1. The molecular weight excluding hydrogens is 424 g/mol. The van der Waals surface area contributed by atoms with Crippen LogP contribution in [0.25, 0.3) is 10.9 Å². The average molecular weight is 463 g/mol. The molecule has 1 unspecified atom stereocenters. The predicted molar refractivity (Wildman–Crippen MR) is 141 cm³/mol. The van der Waals surface area contributed by atoms with Crippen LogP contribution in [0.4, 0.5) is 5.69 Å². The lowest BCUT2D eigenvalue weighted by Gasteiger charge is -2.38. The second-order valence-electron chi connectivity index (χ2n) is 9.47. The fraction of sp³-hybridized carbons (Fsp3) is 0.464. The number of H-pyrrole nitrogens is 1. The first kappa shape index (κ1) is 24.5. The number of likely N-dealkylation sites (tertiary alicyclic amines) is 1.